The van der Waals surface area contributed by atoms with Crippen molar-refractivity contribution in [3.8, 4) is 0 Å². The van der Waals surface area contributed by atoms with E-state index in [0.29, 0.717) is 6.04 Å². The highest BCUT2D eigenvalue weighted by atomic mass is 32.1. The van der Waals surface area contributed by atoms with Crippen LogP contribution in [-0.4, -0.2) is 6.54 Å². The monoisotopic (exact) mass is 235 g/mol. The van der Waals surface area contributed by atoms with E-state index in [0.717, 1.165) is 6.54 Å². The minimum absolute atomic E-state index is 0.496. The summed E-state index contributed by atoms with van der Waals surface area (Å²) in [6, 6.07) is 2.71. The zero-order chi connectivity index (χ0) is 11.2. The van der Waals surface area contributed by atoms with Crippen molar-refractivity contribution < 1.29 is 0 Å². The molecule has 0 aromatic carbocycles. The Morgan fingerprint density at radius 1 is 1.44 bits per heavy atom. The van der Waals surface area contributed by atoms with Crippen LogP contribution in [0.3, 0.4) is 0 Å². The fourth-order valence-electron chi connectivity index (χ4n) is 2.22. The summed E-state index contributed by atoms with van der Waals surface area (Å²) in [5, 5.41) is 7.98. The zero-order valence-electron chi connectivity index (χ0n) is 10.0. The molecule has 0 aliphatic heterocycles. The first kappa shape index (κ1) is 11.9. The lowest BCUT2D eigenvalue weighted by molar-refractivity contribution is 0.563. The van der Waals surface area contributed by atoms with Crippen molar-refractivity contribution in [3.05, 3.63) is 34.0 Å². The molecule has 1 aromatic heterocycles. The number of rotatable bonds is 5. The summed E-state index contributed by atoms with van der Waals surface area (Å²) >= 11 is 1.78. The van der Waals surface area contributed by atoms with Crippen molar-refractivity contribution in [2.75, 3.05) is 6.54 Å². The molecule has 0 radical (unpaired) electrons. The van der Waals surface area contributed by atoms with Crippen LogP contribution in [0.2, 0.25) is 0 Å². The molecule has 1 aromatic rings. The Kier molecular flexibility index (Phi) is 4.61. The maximum atomic E-state index is 3.60. The first-order valence-electron chi connectivity index (χ1n) is 6.29. The van der Waals surface area contributed by atoms with Gasteiger partial charge in [0.2, 0.25) is 0 Å². The van der Waals surface area contributed by atoms with Gasteiger partial charge in [-0.3, -0.25) is 0 Å². The minimum atomic E-state index is 0.496. The van der Waals surface area contributed by atoms with Gasteiger partial charge in [-0.2, -0.15) is 11.3 Å². The number of nitrogens with one attached hydrogen (secondary N) is 1. The first-order chi connectivity index (χ1) is 7.86. The summed E-state index contributed by atoms with van der Waals surface area (Å²) in [5.41, 5.74) is 3.08. The number of hydrogen-bond acceptors (Lipinski definition) is 2. The van der Waals surface area contributed by atoms with Gasteiger partial charge in [0.05, 0.1) is 0 Å². The van der Waals surface area contributed by atoms with Crippen molar-refractivity contribution in [1.29, 1.82) is 0 Å². The highest BCUT2D eigenvalue weighted by Crippen LogP contribution is 2.20. The molecule has 0 bridgehead atoms. The molecular weight excluding hydrogens is 214 g/mol. The maximum absolute atomic E-state index is 3.60. The smallest absolute Gasteiger partial charge is 0.0300 e. The largest absolute Gasteiger partial charge is 0.310 e. The van der Waals surface area contributed by atoms with E-state index >= 15 is 0 Å². The number of thiophene rings is 1. The van der Waals surface area contributed by atoms with Crippen LogP contribution in [0, 0.1) is 0 Å². The summed E-state index contributed by atoms with van der Waals surface area (Å²) in [6.07, 6.45) is 9.09. The molecule has 0 saturated heterocycles. The Balaban J connectivity index is 1.69. The SMILES string of the molecule is CC(NCCC1=CCCCC1)c1ccsc1. The Labute approximate surface area is 103 Å². The topological polar surface area (TPSA) is 12.0 Å². The van der Waals surface area contributed by atoms with Gasteiger partial charge in [-0.25, -0.2) is 0 Å². The molecular formula is C14H21NS. The summed E-state index contributed by atoms with van der Waals surface area (Å²) in [7, 11) is 0. The third kappa shape index (κ3) is 3.46. The summed E-state index contributed by atoms with van der Waals surface area (Å²) in [5.74, 6) is 0. The molecule has 1 nitrogen and oxygen atoms in total. The second-order valence-electron chi connectivity index (χ2n) is 4.59. The fourth-order valence-corrected chi connectivity index (χ4v) is 2.97. The van der Waals surface area contributed by atoms with E-state index < -0.39 is 0 Å². The third-order valence-electron chi connectivity index (χ3n) is 3.32. The molecule has 1 atom stereocenters. The quantitative estimate of drug-likeness (QED) is 0.751. The van der Waals surface area contributed by atoms with Gasteiger partial charge in [-0.05, 0) is 68.0 Å². The van der Waals surface area contributed by atoms with Crippen LogP contribution in [0.15, 0.2) is 28.5 Å². The molecule has 2 rings (SSSR count). The van der Waals surface area contributed by atoms with Crippen LogP contribution in [0.1, 0.15) is 50.6 Å². The van der Waals surface area contributed by atoms with Gasteiger partial charge in [-0.1, -0.05) is 11.6 Å². The molecule has 0 spiro atoms. The predicted molar refractivity (Wildman–Crippen MR) is 71.9 cm³/mol. The van der Waals surface area contributed by atoms with Crippen molar-refractivity contribution in [2.45, 2.75) is 45.1 Å². The van der Waals surface area contributed by atoms with Crippen molar-refractivity contribution in [3.63, 3.8) is 0 Å². The molecule has 1 N–H and O–H groups in total. The zero-order valence-corrected chi connectivity index (χ0v) is 10.9. The molecule has 88 valence electrons. The van der Waals surface area contributed by atoms with Crippen LogP contribution < -0.4 is 5.32 Å². The second-order valence-corrected chi connectivity index (χ2v) is 5.37. The third-order valence-corrected chi connectivity index (χ3v) is 4.03. The van der Waals surface area contributed by atoms with Gasteiger partial charge in [0.15, 0.2) is 0 Å². The fraction of sp³-hybridized carbons (Fsp3) is 0.571. The average Bonchev–Trinajstić information content (AvgIpc) is 2.84. The summed E-state index contributed by atoms with van der Waals surface area (Å²) in [4.78, 5) is 0. The van der Waals surface area contributed by atoms with Gasteiger partial charge in [-0.15, -0.1) is 0 Å². The molecule has 1 heterocycles. The molecule has 1 aliphatic carbocycles. The molecule has 1 aliphatic rings. The second kappa shape index (κ2) is 6.21. The van der Waals surface area contributed by atoms with Gasteiger partial charge in [0, 0.05) is 6.04 Å². The minimum Gasteiger partial charge on any atom is -0.310 e. The van der Waals surface area contributed by atoms with Gasteiger partial charge < -0.3 is 5.32 Å². The predicted octanol–water partition coefficient (Wildman–Crippen LogP) is 4.29. The lowest BCUT2D eigenvalue weighted by Gasteiger charge is -2.15. The van der Waals surface area contributed by atoms with Crippen molar-refractivity contribution in [2.24, 2.45) is 0 Å². The van der Waals surface area contributed by atoms with Crippen LogP contribution >= 0.6 is 11.3 Å². The molecule has 16 heavy (non-hydrogen) atoms. The van der Waals surface area contributed by atoms with E-state index in [4.69, 9.17) is 0 Å². The van der Waals surface area contributed by atoms with Gasteiger partial charge in [0.1, 0.15) is 0 Å². The lowest BCUT2D eigenvalue weighted by atomic mass is 9.97. The van der Waals surface area contributed by atoms with E-state index in [1.54, 1.807) is 16.9 Å². The van der Waals surface area contributed by atoms with E-state index in [2.05, 4.69) is 35.1 Å². The highest BCUT2D eigenvalue weighted by Gasteiger charge is 2.06. The molecule has 2 heteroatoms. The van der Waals surface area contributed by atoms with E-state index in [1.165, 1.54) is 37.7 Å². The van der Waals surface area contributed by atoms with Crippen molar-refractivity contribution >= 4 is 11.3 Å². The van der Waals surface area contributed by atoms with Crippen LogP contribution in [0.25, 0.3) is 0 Å². The van der Waals surface area contributed by atoms with Crippen molar-refractivity contribution in [1.82, 2.24) is 5.32 Å². The normalized spacial score (nSPS) is 18.2. The number of allylic oxidation sites excluding steroid dienone is 1. The van der Waals surface area contributed by atoms with Crippen LogP contribution in [0.5, 0.6) is 0 Å². The average molecular weight is 235 g/mol. The maximum Gasteiger partial charge on any atom is 0.0300 e. The Morgan fingerprint density at radius 3 is 3.06 bits per heavy atom. The molecule has 0 saturated carbocycles. The Morgan fingerprint density at radius 2 is 2.38 bits per heavy atom. The van der Waals surface area contributed by atoms with E-state index in [1.807, 2.05) is 0 Å². The van der Waals surface area contributed by atoms with Crippen LogP contribution in [0.4, 0.5) is 0 Å². The first-order valence-corrected chi connectivity index (χ1v) is 7.24. The van der Waals surface area contributed by atoms with Gasteiger partial charge >= 0.3 is 0 Å². The summed E-state index contributed by atoms with van der Waals surface area (Å²) in [6.45, 7) is 3.36. The molecule has 1 unspecified atom stereocenters. The van der Waals surface area contributed by atoms with E-state index in [-0.39, 0.29) is 0 Å². The Bertz CT molecular complexity index is 327. The van der Waals surface area contributed by atoms with Gasteiger partial charge in [0.25, 0.3) is 0 Å². The molecule has 0 amide bonds. The lowest BCUT2D eigenvalue weighted by Crippen LogP contribution is -2.20. The summed E-state index contributed by atoms with van der Waals surface area (Å²) < 4.78 is 0. The standard InChI is InChI=1S/C14H21NS/c1-12(14-8-10-16-11-14)15-9-7-13-5-3-2-4-6-13/h5,8,10-12,15H,2-4,6-7,9H2,1H3. The van der Waals surface area contributed by atoms with Crippen LogP contribution in [-0.2, 0) is 0 Å². The van der Waals surface area contributed by atoms with E-state index in [9.17, 15) is 0 Å². The highest BCUT2D eigenvalue weighted by molar-refractivity contribution is 7.07. The Hall–Kier alpha value is -0.600. The number of hydrogen-bond donors (Lipinski definition) is 1. The molecule has 0 fully saturated rings.